The van der Waals surface area contributed by atoms with Crippen molar-refractivity contribution in [3.05, 3.63) is 42.7 Å². The fourth-order valence-corrected chi connectivity index (χ4v) is 5.42. The maximum Gasteiger partial charge on any atom is 0.459 e. The number of aliphatic hydroxyl groups excluding tert-OH is 2. The number of carbonyl (C=O) groups excluding carboxylic acids is 1. The third kappa shape index (κ3) is 5.92. The number of terminal acetylenes is 1. The number of nitrogens with one attached hydrogen (secondary N) is 1. The molecule has 1 aromatic carbocycles. The van der Waals surface area contributed by atoms with Gasteiger partial charge in [-0.25, -0.2) is 9.55 Å². The number of benzene rings is 1. The van der Waals surface area contributed by atoms with E-state index in [-0.39, 0.29) is 22.7 Å². The van der Waals surface area contributed by atoms with Crippen molar-refractivity contribution in [1.82, 2.24) is 24.6 Å². The highest BCUT2D eigenvalue weighted by Gasteiger charge is 2.56. The van der Waals surface area contributed by atoms with Crippen molar-refractivity contribution in [3.63, 3.8) is 0 Å². The van der Waals surface area contributed by atoms with Gasteiger partial charge >= 0.3 is 19.8 Å². The summed E-state index contributed by atoms with van der Waals surface area (Å²) >= 11 is 0. The molecule has 1 saturated heterocycles. The van der Waals surface area contributed by atoms with Crippen molar-refractivity contribution in [2.24, 2.45) is 0 Å². The van der Waals surface area contributed by atoms with Gasteiger partial charge in [0.15, 0.2) is 28.8 Å². The maximum atomic E-state index is 13.9. The zero-order valence-corrected chi connectivity index (χ0v) is 22.6. The molecule has 6 atom stereocenters. The number of imidazole rings is 1. The van der Waals surface area contributed by atoms with Crippen molar-refractivity contribution in [2.75, 3.05) is 12.3 Å². The van der Waals surface area contributed by atoms with Gasteiger partial charge in [-0.3, -0.25) is 13.9 Å². The summed E-state index contributed by atoms with van der Waals surface area (Å²) in [6, 6.07) is 6.81. The minimum atomic E-state index is -4.41. The van der Waals surface area contributed by atoms with E-state index in [0.717, 1.165) is 10.9 Å². The predicted molar refractivity (Wildman–Crippen MR) is 138 cm³/mol. The molecule has 0 aliphatic carbocycles. The van der Waals surface area contributed by atoms with Gasteiger partial charge in [-0.2, -0.15) is 19.4 Å². The number of fused-ring (bicyclic) bond motifs is 1. The molecule has 4 rings (SSSR count). The minimum Gasteiger partial charge on any atom is -0.462 e. The Hall–Kier alpha value is -3.64. The van der Waals surface area contributed by atoms with E-state index in [1.807, 2.05) is 0 Å². The number of anilines is 1. The Morgan fingerprint density at radius 2 is 2.02 bits per heavy atom. The van der Waals surface area contributed by atoms with Gasteiger partial charge < -0.3 is 29.9 Å². The van der Waals surface area contributed by atoms with Crippen LogP contribution < -0.4 is 15.3 Å². The molecule has 0 amide bonds. The molecule has 16 heteroatoms. The van der Waals surface area contributed by atoms with E-state index in [9.17, 15) is 24.0 Å². The van der Waals surface area contributed by atoms with Gasteiger partial charge in [-0.1, -0.05) is 24.1 Å². The summed E-state index contributed by atoms with van der Waals surface area (Å²) in [5.41, 5.74) is 3.50. The Morgan fingerprint density at radius 3 is 2.67 bits per heavy atom. The molecule has 0 spiro atoms. The topological polar surface area (TPSA) is 193 Å². The summed E-state index contributed by atoms with van der Waals surface area (Å²) in [4.78, 5) is 23.4. The summed E-state index contributed by atoms with van der Waals surface area (Å²) in [6.07, 6.45) is 0.337. The smallest absolute Gasteiger partial charge is 0.459 e. The Balaban J connectivity index is 1.61. The second-order valence-corrected chi connectivity index (χ2v) is 10.9. The van der Waals surface area contributed by atoms with Crippen molar-refractivity contribution in [2.45, 2.75) is 57.0 Å². The standard InChI is InChI=1S/C24H28FN6O8P/c1-5-24(18(33)17(32)21(38-24)31-12-27-16-19(26)28-23(25)29-20(16)31)11-36-40(35,39-15-9-7-6-8-10-15)30-14(4)22(34)37-13(2)3/h1,6-10,12-14,17-18,21,32-33H,11H2,2-4H3,(H,30,35)(H2,26,28,29)/t14-,17-,18?,21+,24+,40-/m0/s1. The number of hydrogen-bond donors (Lipinski definition) is 4. The van der Waals surface area contributed by atoms with Crippen LogP contribution in [0, 0.1) is 18.4 Å². The number of aromatic nitrogens is 4. The summed E-state index contributed by atoms with van der Waals surface area (Å²) in [7, 11) is -4.41. The lowest BCUT2D eigenvalue weighted by molar-refractivity contribution is -0.149. The fourth-order valence-electron chi connectivity index (χ4n) is 3.90. The number of rotatable bonds is 10. The van der Waals surface area contributed by atoms with Crippen LogP contribution in [-0.4, -0.2) is 72.3 Å². The number of para-hydroxylation sites is 1. The molecular weight excluding hydrogens is 550 g/mol. The van der Waals surface area contributed by atoms with Gasteiger partial charge in [0.05, 0.1) is 12.4 Å². The first kappa shape index (κ1) is 29.3. The highest BCUT2D eigenvalue weighted by atomic mass is 31.2. The molecule has 1 unspecified atom stereocenters. The number of carbonyl (C=O) groups is 1. The Morgan fingerprint density at radius 1 is 1.32 bits per heavy atom. The highest BCUT2D eigenvalue weighted by molar-refractivity contribution is 7.52. The second-order valence-electron chi connectivity index (χ2n) is 9.19. The lowest BCUT2D eigenvalue weighted by Crippen LogP contribution is -2.46. The van der Waals surface area contributed by atoms with Gasteiger partial charge in [0, 0.05) is 0 Å². The van der Waals surface area contributed by atoms with Crippen LogP contribution in [0.15, 0.2) is 36.7 Å². The molecule has 0 saturated carbocycles. The van der Waals surface area contributed by atoms with Crippen molar-refractivity contribution in [3.8, 4) is 18.1 Å². The molecule has 3 heterocycles. The fraction of sp³-hybridized carbons (Fsp3) is 0.417. The van der Waals surface area contributed by atoms with Gasteiger partial charge in [0.1, 0.15) is 30.6 Å². The quantitative estimate of drug-likeness (QED) is 0.117. The zero-order valence-electron chi connectivity index (χ0n) is 21.7. The molecule has 1 aliphatic heterocycles. The van der Waals surface area contributed by atoms with Crippen LogP contribution in [0.25, 0.3) is 11.2 Å². The van der Waals surface area contributed by atoms with Crippen LogP contribution in [0.5, 0.6) is 5.75 Å². The number of aliphatic hydroxyl groups is 2. The molecule has 2 aromatic heterocycles. The average Bonchev–Trinajstić information content (AvgIpc) is 3.42. The molecule has 1 fully saturated rings. The molecule has 14 nitrogen and oxygen atoms in total. The van der Waals surface area contributed by atoms with Crippen LogP contribution in [0.2, 0.25) is 0 Å². The van der Waals surface area contributed by atoms with E-state index in [1.165, 1.54) is 19.1 Å². The molecule has 5 N–H and O–H groups in total. The van der Waals surface area contributed by atoms with Crippen molar-refractivity contribution >= 4 is 30.7 Å². The number of hydrogen-bond acceptors (Lipinski definition) is 12. The zero-order chi connectivity index (χ0) is 29.2. The van der Waals surface area contributed by atoms with Crippen LogP contribution in [-0.2, 0) is 23.4 Å². The SMILES string of the molecule is C#C[C@]1(CO[P@@](=O)(N[C@@H](C)C(=O)OC(C)C)Oc2ccccc2)O[C@@H](n2cnc3c(N)nc(F)nc32)[C@@H](O)C1O. The summed E-state index contributed by atoms with van der Waals surface area (Å²) in [6.45, 7) is 3.91. The third-order valence-electron chi connectivity index (χ3n) is 5.84. The number of nitrogens with two attached hydrogens (primary N) is 1. The van der Waals surface area contributed by atoms with E-state index in [4.69, 9.17) is 30.7 Å². The van der Waals surface area contributed by atoms with E-state index in [0.29, 0.717) is 0 Å². The molecule has 0 radical (unpaired) electrons. The van der Waals surface area contributed by atoms with Crippen molar-refractivity contribution in [1.29, 1.82) is 0 Å². The van der Waals surface area contributed by atoms with Gasteiger partial charge in [-0.15, -0.1) is 6.42 Å². The summed E-state index contributed by atoms with van der Waals surface area (Å²) in [5, 5.41) is 24.3. The first-order chi connectivity index (χ1) is 18.9. The molecule has 3 aromatic rings. The monoisotopic (exact) mass is 578 g/mol. The number of ether oxygens (including phenoxy) is 2. The Kier molecular flexibility index (Phi) is 8.41. The van der Waals surface area contributed by atoms with E-state index >= 15 is 0 Å². The Bertz CT molecular complexity index is 1470. The first-order valence-electron chi connectivity index (χ1n) is 12.0. The minimum absolute atomic E-state index is 0.0216. The predicted octanol–water partition coefficient (Wildman–Crippen LogP) is 1.30. The van der Waals surface area contributed by atoms with Crippen LogP contribution in [0.1, 0.15) is 27.0 Å². The van der Waals surface area contributed by atoms with Gasteiger partial charge in [-0.05, 0) is 32.9 Å². The lowest BCUT2D eigenvalue weighted by atomic mass is 9.97. The van der Waals surface area contributed by atoms with Crippen LogP contribution in [0.3, 0.4) is 0 Å². The first-order valence-corrected chi connectivity index (χ1v) is 13.6. The number of nitrogen functional groups attached to an aromatic ring is 1. The van der Waals surface area contributed by atoms with Gasteiger partial charge in [0.2, 0.25) is 0 Å². The largest absolute Gasteiger partial charge is 0.462 e. The summed E-state index contributed by atoms with van der Waals surface area (Å²) < 4.78 is 51.0. The molecular formula is C24H28FN6O8P. The lowest BCUT2D eigenvalue weighted by Gasteiger charge is -2.29. The van der Waals surface area contributed by atoms with E-state index in [2.05, 4.69) is 26.0 Å². The third-order valence-corrected chi connectivity index (χ3v) is 7.46. The highest BCUT2D eigenvalue weighted by Crippen LogP contribution is 2.48. The van der Waals surface area contributed by atoms with Crippen LogP contribution in [0.4, 0.5) is 10.2 Å². The number of esters is 1. The average molecular weight is 578 g/mol. The molecule has 1 aliphatic rings. The second kappa shape index (κ2) is 11.5. The normalized spacial score (nSPS) is 24.9. The summed E-state index contributed by atoms with van der Waals surface area (Å²) in [5.74, 6) is 1.39. The van der Waals surface area contributed by atoms with E-state index < -0.39 is 62.6 Å². The van der Waals surface area contributed by atoms with Crippen LogP contribution >= 0.6 is 7.75 Å². The Labute approximate surface area is 228 Å². The number of nitrogens with zero attached hydrogens (tertiary/aromatic N) is 4. The maximum absolute atomic E-state index is 13.9. The molecule has 0 bridgehead atoms. The number of halogens is 1. The van der Waals surface area contributed by atoms with Gasteiger partial charge in [0.25, 0.3) is 0 Å². The van der Waals surface area contributed by atoms with Crippen molar-refractivity contribution < 1.29 is 42.5 Å². The van der Waals surface area contributed by atoms with E-state index in [1.54, 1.807) is 32.0 Å². The molecule has 214 valence electrons. The molecule has 40 heavy (non-hydrogen) atoms.